The molecule has 166 valence electrons. The average molecular weight is 441 g/mol. The smallest absolute Gasteiger partial charge is 0.258 e. The molecule has 0 N–H and O–H groups in total. The van der Waals surface area contributed by atoms with Crippen molar-refractivity contribution >= 4 is 21.6 Å². The maximum Gasteiger partial charge on any atom is 0.258 e. The summed E-state index contributed by atoms with van der Waals surface area (Å²) in [4.78, 5) is 15.5. The van der Waals surface area contributed by atoms with Crippen LogP contribution in [0.5, 0.6) is 0 Å². The van der Waals surface area contributed by atoms with Gasteiger partial charge in [0.25, 0.3) is 5.91 Å². The largest absolute Gasteiger partial charge is 0.305 e. The molecule has 0 radical (unpaired) electrons. The molecule has 31 heavy (non-hydrogen) atoms. The van der Waals surface area contributed by atoms with Crippen LogP contribution >= 0.6 is 0 Å². The number of anilines is 1. The quantitative estimate of drug-likeness (QED) is 0.692. The Labute approximate surface area is 186 Å². The summed E-state index contributed by atoms with van der Waals surface area (Å²) in [6.07, 6.45) is 3.57. The average Bonchev–Trinajstić information content (AvgIpc) is 3.08. The highest BCUT2D eigenvalue weighted by Crippen LogP contribution is 2.36. The van der Waals surface area contributed by atoms with Crippen molar-refractivity contribution in [2.24, 2.45) is 0 Å². The summed E-state index contributed by atoms with van der Waals surface area (Å²) in [5.41, 5.74) is 3.61. The lowest BCUT2D eigenvalue weighted by atomic mass is 9.86. The second kappa shape index (κ2) is 8.06. The van der Waals surface area contributed by atoms with Crippen molar-refractivity contribution in [1.82, 2.24) is 4.31 Å². The molecule has 1 saturated heterocycles. The number of carbonyl (C=O) groups is 1. The van der Waals surface area contributed by atoms with E-state index in [1.54, 1.807) is 27.4 Å². The summed E-state index contributed by atoms with van der Waals surface area (Å²) < 4.78 is 27.7. The fraction of sp³-hybridized carbons (Fsp3) is 0.480. The third kappa shape index (κ3) is 4.15. The van der Waals surface area contributed by atoms with Crippen molar-refractivity contribution in [2.75, 3.05) is 18.0 Å². The van der Waals surface area contributed by atoms with E-state index in [2.05, 4.69) is 20.8 Å². The topological polar surface area (TPSA) is 57.7 Å². The molecule has 0 aromatic heterocycles. The van der Waals surface area contributed by atoms with Crippen LogP contribution in [0, 0.1) is 0 Å². The minimum Gasteiger partial charge on any atom is -0.305 e. The first-order valence-corrected chi connectivity index (χ1v) is 12.6. The van der Waals surface area contributed by atoms with Gasteiger partial charge in [0.2, 0.25) is 10.0 Å². The first-order chi connectivity index (χ1) is 14.6. The molecule has 2 aromatic carbocycles. The van der Waals surface area contributed by atoms with Crippen LogP contribution in [0.1, 0.15) is 68.4 Å². The Morgan fingerprint density at radius 2 is 1.61 bits per heavy atom. The summed E-state index contributed by atoms with van der Waals surface area (Å²) in [6, 6.07) is 13.0. The summed E-state index contributed by atoms with van der Waals surface area (Å²) >= 11 is 0. The molecule has 0 spiro atoms. The summed E-state index contributed by atoms with van der Waals surface area (Å²) in [5.74, 6) is -0.0432. The fourth-order valence-corrected chi connectivity index (χ4v) is 6.15. The molecule has 1 amide bonds. The number of rotatable bonds is 3. The first-order valence-electron chi connectivity index (χ1n) is 11.2. The van der Waals surface area contributed by atoms with Crippen molar-refractivity contribution in [3.05, 3.63) is 59.2 Å². The van der Waals surface area contributed by atoms with E-state index in [0.29, 0.717) is 30.0 Å². The lowest BCUT2D eigenvalue weighted by molar-refractivity contribution is 0.0981. The van der Waals surface area contributed by atoms with Crippen molar-refractivity contribution in [3.63, 3.8) is 0 Å². The van der Waals surface area contributed by atoms with Gasteiger partial charge in [-0.25, -0.2) is 8.42 Å². The SMILES string of the molecule is C[C@@H]1Cc2cc(S(=O)(=O)N3CCCCC3)ccc2N1C(=O)c1ccc(C(C)(C)C)cc1. The van der Waals surface area contributed by atoms with Gasteiger partial charge in [-0.3, -0.25) is 4.79 Å². The Bertz CT molecular complexity index is 1080. The molecular weight excluding hydrogens is 408 g/mol. The van der Waals surface area contributed by atoms with E-state index in [0.717, 1.165) is 30.5 Å². The molecule has 2 heterocycles. The molecule has 0 saturated carbocycles. The van der Waals surface area contributed by atoms with Crippen LogP contribution in [0.15, 0.2) is 47.4 Å². The molecule has 4 rings (SSSR count). The van der Waals surface area contributed by atoms with Crippen molar-refractivity contribution in [2.45, 2.75) is 69.7 Å². The van der Waals surface area contributed by atoms with Crippen LogP contribution in [-0.4, -0.2) is 37.8 Å². The summed E-state index contributed by atoms with van der Waals surface area (Å²) in [5, 5.41) is 0. The minimum absolute atomic E-state index is 0.0160. The molecule has 2 aliphatic rings. The van der Waals surface area contributed by atoms with E-state index in [9.17, 15) is 13.2 Å². The Morgan fingerprint density at radius 1 is 0.968 bits per heavy atom. The predicted octanol–water partition coefficient (Wildman–Crippen LogP) is 4.75. The molecule has 0 aliphatic carbocycles. The van der Waals surface area contributed by atoms with E-state index in [1.807, 2.05) is 31.2 Å². The highest BCUT2D eigenvalue weighted by atomic mass is 32.2. The Hall–Kier alpha value is -2.18. The van der Waals surface area contributed by atoms with Gasteiger partial charge in [-0.1, -0.05) is 39.3 Å². The number of hydrogen-bond donors (Lipinski definition) is 0. The third-order valence-electron chi connectivity index (χ3n) is 6.44. The molecule has 1 fully saturated rings. The molecular formula is C25H32N2O3S. The van der Waals surface area contributed by atoms with E-state index in [4.69, 9.17) is 0 Å². The van der Waals surface area contributed by atoms with Gasteiger partial charge >= 0.3 is 0 Å². The number of amides is 1. The number of sulfonamides is 1. The van der Waals surface area contributed by atoms with E-state index in [-0.39, 0.29) is 17.4 Å². The monoisotopic (exact) mass is 440 g/mol. The highest BCUT2D eigenvalue weighted by molar-refractivity contribution is 7.89. The lowest BCUT2D eigenvalue weighted by Crippen LogP contribution is -2.36. The van der Waals surface area contributed by atoms with Gasteiger partial charge in [-0.2, -0.15) is 4.31 Å². The van der Waals surface area contributed by atoms with Gasteiger partial charge in [0, 0.05) is 30.4 Å². The van der Waals surface area contributed by atoms with Gasteiger partial charge < -0.3 is 4.90 Å². The maximum absolute atomic E-state index is 13.3. The second-order valence-electron chi connectivity index (χ2n) is 9.81. The minimum atomic E-state index is -3.48. The number of piperidine rings is 1. The third-order valence-corrected chi connectivity index (χ3v) is 8.33. The van der Waals surface area contributed by atoms with Gasteiger partial charge in [-0.05, 0) is 73.1 Å². The summed E-state index contributed by atoms with van der Waals surface area (Å²) in [7, 11) is -3.48. The first kappa shape index (κ1) is 22.0. The normalized spacial score (nSPS) is 20.0. The molecule has 2 aliphatic heterocycles. The maximum atomic E-state index is 13.3. The fourth-order valence-electron chi connectivity index (χ4n) is 4.58. The molecule has 2 aromatic rings. The van der Waals surface area contributed by atoms with Gasteiger partial charge in [0.15, 0.2) is 0 Å². The summed E-state index contributed by atoms with van der Waals surface area (Å²) in [6.45, 7) is 9.64. The second-order valence-corrected chi connectivity index (χ2v) is 11.7. The van der Waals surface area contributed by atoms with Gasteiger partial charge in [0.05, 0.1) is 4.90 Å². The molecule has 1 atom stereocenters. The number of hydrogen-bond acceptors (Lipinski definition) is 3. The zero-order valence-corrected chi connectivity index (χ0v) is 19.7. The van der Waals surface area contributed by atoms with Crippen LogP contribution in [0.3, 0.4) is 0 Å². The Balaban J connectivity index is 1.61. The standard InChI is InChI=1S/C25H32N2O3S/c1-18-16-20-17-22(31(29,30)26-14-6-5-7-15-26)12-13-23(20)27(18)24(28)19-8-10-21(11-9-19)25(2,3)4/h8-13,17-18H,5-7,14-16H2,1-4H3/t18-/m1/s1. The zero-order valence-electron chi connectivity index (χ0n) is 18.9. The molecule has 5 nitrogen and oxygen atoms in total. The number of nitrogens with zero attached hydrogens (tertiary/aromatic N) is 2. The number of benzene rings is 2. The molecule has 6 heteroatoms. The van der Waals surface area contributed by atoms with Gasteiger partial charge in [-0.15, -0.1) is 0 Å². The molecule has 0 bridgehead atoms. The van der Waals surface area contributed by atoms with Crippen LogP contribution < -0.4 is 4.90 Å². The predicted molar refractivity (Wildman–Crippen MR) is 124 cm³/mol. The highest BCUT2D eigenvalue weighted by Gasteiger charge is 2.34. The Morgan fingerprint density at radius 3 is 2.23 bits per heavy atom. The van der Waals surface area contributed by atoms with Crippen molar-refractivity contribution < 1.29 is 13.2 Å². The molecule has 0 unspecified atom stereocenters. The van der Waals surface area contributed by atoms with Crippen molar-refractivity contribution in [3.8, 4) is 0 Å². The van der Waals surface area contributed by atoms with Crippen LogP contribution in [0.4, 0.5) is 5.69 Å². The zero-order chi connectivity index (χ0) is 22.4. The van der Waals surface area contributed by atoms with Crippen LogP contribution in [-0.2, 0) is 21.9 Å². The van der Waals surface area contributed by atoms with Crippen LogP contribution in [0.2, 0.25) is 0 Å². The Kier molecular flexibility index (Phi) is 5.73. The number of fused-ring (bicyclic) bond motifs is 1. The van der Waals surface area contributed by atoms with E-state index < -0.39 is 10.0 Å². The van der Waals surface area contributed by atoms with Crippen LogP contribution in [0.25, 0.3) is 0 Å². The van der Waals surface area contributed by atoms with E-state index in [1.165, 1.54) is 5.56 Å². The van der Waals surface area contributed by atoms with Gasteiger partial charge in [0.1, 0.15) is 0 Å². The van der Waals surface area contributed by atoms with E-state index >= 15 is 0 Å². The van der Waals surface area contributed by atoms with Crippen molar-refractivity contribution in [1.29, 1.82) is 0 Å². The lowest BCUT2D eigenvalue weighted by Gasteiger charge is -2.26. The number of carbonyl (C=O) groups excluding carboxylic acids is 1.